The second-order valence-corrected chi connectivity index (χ2v) is 5.26. The Morgan fingerprint density at radius 1 is 1.31 bits per heavy atom. The number of benzene rings is 1. The average Bonchev–Trinajstić information content (AvgIpc) is 2.41. The lowest BCUT2D eigenvalue weighted by Gasteiger charge is -2.23. The van der Waals surface area contributed by atoms with Crippen molar-refractivity contribution in [2.24, 2.45) is 0 Å². The van der Waals surface area contributed by atoms with E-state index in [-0.39, 0.29) is 5.75 Å². The molecular weight excluding hydrogens is 203 g/mol. The largest absolute Gasteiger partial charge is 0.508 e. The van der Waals surface area contributed by atoms with Crippen molar-refractivity contribution < 1.29 is 14.9 Å². The molecule has 1 aromatic carbocycles. The Balaban J connectivity index is 2.59. The summed E-state index contributed by atoms with van der Waals surface area (Å²) in [6.07, 6.45) is 0. The smallest absolute Gasteiger partial charge is 0.331 e. The van der Waals surface area contributed by atoms with Crippen LogP contribution < -0.4 is 5.46 Å². The van der Waals surface area contributed by atoms with Crippen molar-refractivity contribution in [3.63, 3.8) is 0 Å². The second kappa shape index (κ2) is 3.25. The van der Waals surface area contributed by atoms with Crippen molar-refractivity contribution in [3.05, 3.63) is 23.3 Å². The number of fused-ring (bicyclic) bond motifs is 1. The summed E-state index contributed by atoms with van der Waals surface area (Å²) >= 11 is 0. The summed E-state index contributed by atoms with van der Waals surface area (Å²) in [5.41, 5.74) is 0.828. The van der Waals surface area contributed by atoms with Gasteiger partial charge >= 0.3 is 7.48 Å². The van der Waals surface area contributed by atoms with Gasteiger partial charge in [-0.3, -0.25) is 0 Å². The monoisotopic (exact) mass is 219 g/mol. The Bertz CT molecular complexity index is 433. The first-order valence-electron chi connectivity index (χ1n) is 5.33. The molecule has 0 fully saturated rings. The van der Waals surface area contributed by atoms with Crippen LogP contribution in [0.15, 0.2) is 12.1 Å². The van der Waals surface area contributed by atoms with E-state index in [1.165, 1.54) is 0 Å². The molecule has 0 unspecified atom stereocenters. The normalized spacial score (nSPS) is 18.1. The van der Waals surface area contributed by atoms with Crippen LogP contribution in [0, 0.1) is 0 Å². The number of aliphatic hydroxyl groups is 1. The molecule has 85 valence electrons. The lowest BCUT2D eigenvalue weighted by molar-refractivity contribution is 0.0782. The molecule has 3 nitrogen and oxygen atoms in total. The number of phenolic OH excluding ortho intramolecular Hbond substituents is 1. The number of phenols is 1. The van der Waals surface area contributed by atoms with Gasteiger partial charge in [-0.15, -0.1) is 0 Å². The summed E-state index contributed by atoms with van der Waals surface area (Å²) in [6.45, 7) is 7.18. The Morgan fingerprint density at radius 3 is 2.50 bits per heavy atom. The molecular formula is C12H16BO3. The first kappa shape index (κ1) is 11.5. The first-order chi connectivity index (χ1) is 7.22. The van der Waals surface area contributed by atoms with Gasteiger partial charge in [0.1, 0.15) is 5.75 Å². The molecule has 0 aromatic heterocycles. The molecule has 0 spiro atoms. The van der Waals surface area contributed by atoms with Gasteiger partial charge in [0.05, 0.1) is 11.2 Å². The summed E-state index contributed by atoms with van der Waals surface area (Å²) in [7, 11) is 1.63. The second-order valence-electron chi connectivity index (χ2n) is 5.26. The van der Waals surface area contributed by atoms with Gasteiger partial charge in [-0.2, -0.15) is 0 Å². The van der Waals surface area contributed by atoms with E-state index in [1.807, 2.05) is 19.9 Å². The molecule has 0 saturated heterocycles. The Hall–Kier alpha value is -0.995. The summed E-state index contributed by atoms with van der Waals surface area (Å²) < 4.78 is 5.49. The van der Waals surface area contributed by atoms with Gasteiger partial charge in [-0.25, -0.2) is 0 Å². The number of rotatable bonds is 1. The minimum absolute atomic E-state index is 0.174. The highest BCUT2D eigenvalue weighted by atomic mass is 16.5. The summed E-state index contributed by atoms with van der Waals surface area (Å²) in [5, 5.41) is 19.9. The lowest BCUT2D eigenvalue weighted by Crippen LogP contribution is -2.22. The van der Waals surface area contributed by atoms with Gasteiger partial charge < -0.3 is 14.9 Å². The minimum atomic E-state index is -0.965. The van der Waals surface area contributed by atoms with Crippen LogP contribution in [-0.4, -0.2) is 17.7 Å². The molecule has 1 aliphatic rings. The van der Waals surface area contributed by atoms with E-state index in [0.717, 1.165) is 11.0 Å². The van der Waals surface area contributed by atoms with Gasteiger partial charge in [0.25, 0.3) is 0 Å². The fourth-order valence-electron chi connectivity index (χ4n) is 2.02. The van der Waals surface area contributed by atoms with Crippen LogP contribution in [0.2, 0.25) is 0 Å². The zero-order chi connectivity index (χ0) is 12.1. The highest BCUT2D eigenvalue weighted by Crippen LogP contribution is 2.36. The molecule has 0 atom stereocenters. The molecule has 0 bridgehead atoms. The van der Waals surface area contributed by atoms with Crippen LogP contribution in [0.1, 0.15) is 38.8 Å². The van der Waals surface area contributed by atoms with E-state index in [1.54, 1.807) is 27.4 Å². The predicted molar refractivity (Wildman–Crippen MR) is 62.9 cm³/mol. The molecule has 1 heterocycles. The zero-order valence-electron chi connectivity index (χ0n) is 10.0. The van der Waals surface area contributed by atoms with E-state index in [4.69, 9.17) is 4.65 Å². The maximum atomic E-state index is 10.0. The highest BCUT2D eigenvalue weighted by Gasteiger charge is 2.35. The fraction of sp³-hybridized carbons (Fsp3) is 0.500. The van der Waals surface area contributed by atoms with Crippen LogP contribution in [0.3, 0.4) is 0 Å². The van der Waals surface area contributed by atoms with Gasteiger partial charge in [0.15, 0.2) is 0 Å². The highest BCUT2D eigenvalue weighted by molar-refractivity contribution is 6.49. The van der Waals surface area contributed by atoms with Crippen molar-refractivity contribution in [1.29, 1.82) is 0 Å². The lowest BCUT2D eigenvalue weighted by atomic mass is 9.80. The number of aromatic hydroxyl groups is 1. The molecule has 2 rings (SSSR count). The van der Waals surface area contributed by atoms with Crippen LogP contribution in [0.25, 0.3) is 0 Å². The van der Waals surface area contributed by atoms with Crippen molar-refractivity contribution in [2.75, 3.05) is 0 Å². The molecule has 0 amide bonds. The SMILES string of the molecule is CC(C)(O)c1cc(O)c2c(c1)[B]OC2(C)C. The van der Waals surface area contributed by atoms with Crippen LogP contribution in [0.5, 0.6) is 5.75 Å². The van der Waals surface area contributed by atoms with E-state index in [0.29, 0.717) is 5.56 Å². The van der Waals surface area contributed by atoms with Crippen molar-refractivity contribution in [2.45, 2.75) is 38.9 Å². The standard InChI is InChI=1S/C12H16BO3/c1-11(2,15)7-5-8-10(9(14)6-7)12(3,4)16-13-8/h5-6,14-15H,1-4H3. The van der Waals surface area contributed by atoms with E-state index in [2.05, 4.69) is 0 Å². The molecule has 1 radical (unpaired) electrons. The molecule has 16 heavy (non-hydrogen) atoms. The van der Waals surface area contributed by atoms with Crippen LogP contribution in [-0.2, 0) is 15.9 Å². The van der Waals surface area contributed by atoms with Crippen molar-refractivity contribution in [1.82, 2.24) is 0 Å². The molecule has 0 aliphatic carbocycles. The van der Waals surface area contributed by atoms with E-state index >= 15 is 0 Å². The third-order valence-electron chi connectivity index (χ3n) is 2.94. The van der Waals surface area contributed by atoms with Crippen molar-refractivity contribution in [3.8, 4) is 5.75 Å². The van der Waals surface area contributed by atoms with Crippen LogP contribution >= 0.6 is 0 Å². The molecule has 4 heteroatoms. The number of hydrogen-bond acceptors (Lipinski definition) is 3. The molecule has 1 aromatic rings. The summed E-state index contributed by atoms with van der Waals surface area (Å²) in [4.78, 5) is 0. The quantitative estimate of drug-likeness (QED) is 0.696. The molecule has 2 N–H and O–H groups in total. The maximum Gasteiger partial charge on any atom is 0.331 e. The Labute approximate surface area is 96.3 Å². The van der Waals surface area contributed by atoms with Crippen molar-refractivity contribution >= 4 is 12.9 Å². The molecule has 0 saturated carbocycles. The fourth-order valence-corrected chi connectivity index (χ4v) is 2.02. The minimum Gasteiger partial charge on any atom is -0.508 e. The van der Waals surface area contributed by atoms with E-state index < -0.39 is 11.2 Å². The first-order valence-corrected chi connectivity index (χ1v) is 5.33. The maximum absolute atomic E-state index is 10.0. The third kappa shape index (κ3) is 1.72. The van der Waals surface area contributed by atoms with Gasteiger partial charge in [-0.1, -0.05) is 6.07 Å². The summed E-state index contributed by atoms with van der Waals surface area (Å²) in [6, 6.07) is 3.45. The van der Waals surface area contributed by atoms with Crippen LogP contribution in [0.4, 0.5) is 0 Å². The zero-order valence-corrected chi connectivity index (χ0v) is 10.0. The van der Waals surface area contributed by atoms with Gasteiger partial charge in [0.2, 0.25) is 0 Å². The number of hydrogen-bond donors (Lipinski definition) is 2. The Kier molecular flexibility index (Phi) is 2.33. The Morgan fingerprint density at radius 2 is 1.94 bits per heavy atom. The average molecular weight is 219 g/mol. The van der Waals surface area contributed by atoms with Gasteiger partial charge in [-0.05, 0) is 44.8 Å². The molecule has 1 aliphatic heterocycles. The topological polar surface area (TPSA) is 49.7 Å². The third-order valence-corrected chi connectivity index (χ3v) is 2.94. The predicted octanol–water partition coefficient (Wildman–Crippen LogP) is 1.13. The van der Waals surface area contributed by atoms with E-state index in [9.17, 15) is 10.2 Å². The summed E-state index contributed by atoms with van der Waals surface area (Å²) in [5.74, 6) is 0.174. The van der Waals surface area contributed by atoms with Gasteiger partial charge in [0, 0.05) is 5.56 Å².